The monoisotopic (exact) mass is 524 g/mol. The summed E-state index contributed by atoms with van der Waals surface area (Å²) < 4.78 is 11.2. The Morgan fingerprint density at radius 2 is 1.84 bits per heavy atom. The zero-order valence-electron chi connectivity index (χ0n) is 21.7. The van der Waals surface area contributed by atoms with E-state index in [-0.39, 0.29) is 30.7 Å². The molecule has 1 saturated carbocycles. The Labute approximate surface area is 223 Å². The number of carbonyl (C=O) groups is 4. The fourth-order valence-electron chi connectivity index (χ4n) is 5.21. The van der Waals surface area contributed by atoms with Gasteiger partial charge in [0.2, 0.25) is 23.6 Å². The minimum Gasteiger partial charge on any atom is -0.449 e. The van der Waals surface area contributed by atoms with Gasteiger partial charge in [-0.2, -0.15) is 0 Å². The number of hydrogen-bond acceptors (Lipinski definition) is 6. The Hall–Kier alpha value is -3.74. The van der Waals surface area contributed by atoms with Crippen molar-refractivity contribution in [1.29, 1.82) is 0 Å². The van der Waals surface area contributed by atoms with E-state index >= 15 is 0 Å². The third kappa shape index (κ3) is 7.40. The minimum absolute atomic E-state index is 0.0207. The average Bonchev–Trinajstić information content (AvgIpc) is 3.30. The molecular weight excluding hydrogens is 488 g/mol. The Kier molecular flexibility index (Phi) is 9.46. The SMILES string of the molecule is C=CC(=O)N1CCN(c2ccc(CCC(=O)NCCCNC(=O)OCC3[C@H]4CCC#CCC[C@@H]34)o2)C(=O)C1. The van der Waals surface area contributed by atoms with Crippen molar-refractivity contribution in [3.8, 4) is 11.8 Å². The highest BCUT2D eigenvalue weighted by Crippen LogP contribution is 2.52. The molecule has 3 atom stereocenters. The van der Waals surface area contributed by atoms with Crippen LogP contribution in [0.1, 0.15) is 44.3 Å². The second kappa shape index (κ2) is 13.2. The van der Waals surface area contributed by atoms with E-state index in [2.05, 4.69) is 29.1 Å². The molecule has 1 aliphatic heterocycles. The molecule has 1 unspecified atom stereocenters. The highest BCUT2D eigenvalue weighted by atomic mass is 16.5. The molecule has 2 fully saturated rings. The molecule has 0 spiro atoms. The molecule has 4 rings (SSSR count). The fourth-order valence-corrected chi connectivity index (χ4v) is 5.21. The van der Waals surface area contributed by atoms with Crippen LogP contribution in [0.5, 0.6) is 0 Å². The highest BCUT2D eigenvalue weighted by molar-refractivity contribution is 5.98. The molecule has 4 amide bonds. The van der Waals surface area contributed by atoms with Crippen molar-refractivity contribution >= 4 is 29.7 Å². The van der Waals surface area contributed by atoms with Crippen molar-refractivity contribution in [2.45, 2.75) is 44.9 Å². The summed E-state index contributed by atoms with van der Waals surface area (Å²) in [6, 6.07) is 3.45. The number of fused-ring (bicyclic) bond motifs is 1. The Balaban J connectivity index is 1.05. The molecule has 38 heavy (non-hydrogen) atoms. The normalized spacial score (nSPS) is 22.2. The molecule has 1 aromatic heterocycles. The fraction of sp³-hybridized carbons (Fsp3) is 0.571. The van der Waals surface area contributed by atoms with Gasteiger partial charge in [0.25, 0.3) is 0 Å². The van der Waals surface area contributed by atoms with Crippen LogP contribution >= 0.6 is 0 Å². The summed E-state index contributed by atoms with van der Waals surface area (Å²) in [4.78, 5) is 51.2. The zero-order valence-corrected chi connectivity index (χ0v) is 21.7. The van der Waals surface area contributed by atoms with E-state index in [9.17, 15) is 19.2 Å². The zero-order chi connectivity index (χ0) is 26.9. The first-order chi connectivity index (χ1) is 18.5. The number of furan rings is 1. The van der Waals surface area contributed by atoms with Crippen molar-refractivity contribution < 1.29 is 28.3 Å². The van der Waals surface area contributed by atoms with Crippen molar-refractivity contribution in [2.24, 2.45) is 17.8 Å². The molecule has 10 nitrogen and oxygen atoms in total. The van der Waals surface area contributed by atoms with Gasteiger partial charge >= 0.3 is 6.09 Å². The third-order valence-electron chi connectivity index (χ3n) is 7.41. The molecule has 2 heterocycles. The number of amides is 4. The molecule has 0 radical (unpaired) electrons. The first kappa shape index (κ1) is 27.3. The number of piperazine rings is 1. The molecular formula is C28H36N4O6. The van der Waals surface area contributed by atoms with Gasteiger partial charge in [0.1, 0.15) is 12.3 Å². The molecule has 2 aliphatic carbocycles. The van der Waals surface area contributed by atoms with Crippen LogP contribution in [-0.4, -0.2) is 68.0 Å². The maximum atomic E-state index is 12.4. The van der Waals surface area contributed by atoms with E-state index in [1.54, 1.807) is 12.1 Å². The van der Waals surface area contributed by atoms with Gasteiger partial charge in [-0.25, -0.2) is 4.79 Å². The van der Waals surface area contributed by atoms with Crippen LogP contribution in [0, 0.1) is 29.6 Å². The number of nitrogens with zero attached hydrogens (tertiary/aromatic N) is 2. The topological polar surface area (TPSA) is 121 Å². The molecule has 3 aliphatic rings. The summed E-state index contributed by atoms with van der Waals surface area (Å²) in [5, 5.41) is 5.58. The summed E-state index contributed by atoms with van der Waals surface area (Å²) in [7, 11) is 0. The predicted molar refractivity (Wildman–Crippen MR) is 140 cm³/mol. The lowest BCUT2D eigenvalue weighted by Gasteiger charge is -2.32. The van der Waals surface area contributed by atoms with Crippen LogP contribution in [0.4, 0.5) is 10.7 Å². The van der Waals surface area contributed by atoms with Crippen LogP contribution in [0.2, 0.25) is 0 Å². The van der Waals surface area contributed by atoms with E-state index in [1.165, 1.54) is 15.9 Å². The average molecular weight is 525 g/mol. The lowest BCUT2D eigenvalue weighted by Crippen LogP contribution is -2.52. The van der Waals surface area contributed by atoms with Gasteiger partial charge in [-0.1, -0.05) is 6.58 Å². The number of anilines is 1. The maximum absolute atomic E-state index is 12.4. The Bertz CT molecular complexity index is 1080. The summed E-state index contributed by atoms with van der Waals surface area (Å²) in [6.07, 6.45) is 6.11. The van der Waals surface area contributed by atoms with Crippen molar-refractivity contribution in [2.75, 3.05) is 44.2 Å². The lowest BCUT2D eigenvalue weighted by molar-refractivity contribution is -0.133. The number of hydrogen-bond donors (Lipinski definition) is 2. The quantitative estimate of drug-likeness (QED) is 0.260. The smallest absolute Gasteiger partial charge is 0.407 e. The first-order valence-electron chi connectivity index (χ1n) is 13.4. The minimum atomic E-state index is -0.410. The molecule has 1 saturated heterocycles. The third-order valence-corrected chi connectivity index (χ3v) is 7.41. The summed E-state index contributed by atoms with van der Waals surface area (Å²) in [6.45, 7) is 5.49. The molecule has 0 bridgehead atoms. The van der Waals surface area contributed by atoms with Gasteiger partial charge < -0.3 is 24.7 Å². The first-order valence-corrected chi connectivity index (χ1v) is 13.4. The van der Waals surface area contributed by atoms with Crippen molar-refractivity contribution in [3.05, 3.63) is 30.5 Å². The molecule has 10 heteroatoms. The van der Waals surface area contributed by atoms with Crippen LogP contribution in [0.3, 0.4) is 0 Å². The highest BCUT2D eigenvalue weighted by Gasteiger charge is 2.49. The number of nitrogens with one attached hydrogen (secondary N) is 2. The number of carbonyl (C=O) groups excluding carboxylic acids is 4. The van der Waals surface area contributed by atoms with Gasteiger partial charge in [0.15, 0.2) is 0 Å². The molecule has 204 valence electrons. The summed E-state index contributed by atoms with van der Waals surface area (Å²) >= 11 is 0. The van der Waals surface area contributed by atoms with E-state index in [0.717, 1.165) is 25.7 Å². The van der Waals surface area contributed by atoms with Crippen molar-refractivity contribution in [1.82, 2.24) is 15.5 Å². The van der Waals surface area contributed by atoms with E-state index < -0.39 is 6.09 Å². The summed E-state index contributed by atoms with van der Waals surface area (Å²) in [5.74, 6) is 8.52. The van der Waals surface area contributed by atoms with Crippen LogP contribution < -0.4 is 15.5 Å². The van der Waals surface area contributed by atoms with Crippen LogP contribution in [-0.2, 0) is 25.5 Å². The number of rotatable bonds is 11. The van der Waals surface area contributed by atoms with E-state index in [0.29, 0.717) is 75.0 Å². The van der Waals surface area contributed by atoms with Crippen LogP contribution in [0.15, 0.2) is 29.2 Å². The standard InChI is InChI=1S/C28H36N4O6/c1-2-25(34)31-16-17-32(26(35)18-31)27-13-11-20(38-27)10-12-24(33)29-14-7-15-30-28(36)37-19-23-21-8-5-3-4-6-9-22(21)23/h2,11,13,21-23H,1,5-10,12,14-19H2,(H,29,33)(H,30,36)/t21-,22+,23?. The van der Waals surface area contributed by atoms with Gasteiger partial charge in [0, 0.05) is 57.9 Å². The maximum Gasteiger partial charge on any atom is 0.407 e. The molecule has 2 N–H and O–H groups in total. The predicted octanol–water partition coefficient (Wildman–Crippen LogP) is 2.25. The van der Waals surface area contributed by atoms with Gasteiger partial charge in [0.05, 0.1) is 6.61 Å². The largest absolute Gasteiger partial charge is 0.449 e. The molecule has 0 aromatic carbocycles. The second-order valence-corrected chi connectivity index (χ2v) is 9.90. The number of aryl methyl sites for hydroxylation is 1. The van der Waals surface area contributed by atoms with Gasteiger partial charge in [-0.3, -0.25) is 19.3 Å². The van der Waals surface area contributed by atoms with E-state index in [1.807, 2.05) is 0 Å². The number of ether oxygens (including phenoxy) is 1. The second-order valence-electron chi connectivity index (χ2n) is 9.90. The Morgan fingerprint density at radius 1 is 1.11 bits per heavy atom. The summed E-state index contributed by atoms with van der Waals surface area (Å²) in [5.41, 5.74) is 0. The van der Waals surface area contributed by atoms with Crippen molar-refractivity contribution in [3.63, 3.8) is 0 Å². The lowest BCUT2D eigenvalue weighted by atomic mass is 10.1. The van der Waals surface area contributed by atoms with E-state index in [4.69, 9.17) is 9.15 Å². The van der Waals surface area contributed by atoms with Gasteiger partial charge in [-0.05, 0) is 49.2 Å². The molecule has 1 aromatic rings. The Morgan fingerprint density at radius 3 is 2.55 bits per heavy atom. The van der Waals surface area contributed by atoms with Gasteiger partial charge in [-0.15, -0.1) is 11.8 Å². The van der Waals surface area contributed by atoms with Crippen LogP contribution in [0.25, 0.3) is 0 Å². The number of alkyl carbamates (subject to hydrolysis) is 1.